The second-order valence-electron chi connectivity index (χ2n) is 3.15. The van der Waals surface area contributed by atoms with E-state index in [1.807, 2.05) is 6.92 Å². The summed E-state index contributed by atoms with van der Waals surface area (Å²) in [6, 6.07) is 4.81. The molecule has 0 aliphatic heterocycles. The van der Waals surface area contributed by atoms with Crippen LogP contribution in [0.1, 0.15) is 17.3 Å². The van der Waals surface area contributed by atoms with E-state index in [2.05, 4.69) is 10.2 Å². The molecule has 3 N–H and O–H groups in total. The number of nitrogen functional groups attached to an aromatic ring is 1. The molecule has 0 aliphatic rings. The molecule has 7 heteroatoms. The number of phenols is 1. The molecule has 1 aromatic carbocycles. The summed E-state index contributed by atoms with van der Waals surface area (Å²) in [5.74, 6) is 5.33. The molecule has 0 unspecified atom stereocenters. The van der Waals surface area contributed by atoms with Gasteiger partial charge in [-0.25, -0.2) is 4.68 Å². The highest BCUT2D eigenvalue weighted by Gasteiger charge is 2.05. The van der Waals surface area contributed by atoms with Crippen LogP contribution in [0.25, 0.3) is 0 Å². The van der Waals surface area contributed by atoms with E-state index in [0.29, 0.717) is 18.6 Å². The average molecular weight is 250 g/mol. The zero-order chi connectivity index (χ0) is 13.4. The Bertz CT molecular complexity index is 485. The number of hydrogen-bond donors (Lipinski definition) is 2. The van der Waals surface area contributed by atoms with Gasteiger partial charge in [-0.3, -0.25) is 4.79 Å². The van der Waals surface area contributed by atoms with Gasteiger partial charge in [-0.05, 0) is 19.1 Å². The van der Waals surface area contributed by atoms with Crippen LogP contribution < -0.4 is 10.6 Å². The number of carbonyl (C=O) groups is 1. The standard InChI is InChI=1S/C9H10O3.C2H4N4/c1-2-12-8-5-3-4-7(6-10)9(8)11;3-6-1-4-5-2-6/h3-6,11H,2H2,1H3;1-2H,3H2. The summed E-state index contributed by atoms with van der Waals surface area (Å²) in [7, 11) is 0. The normalized spacial score (nSPS) is 9.17. The minimum atomic E-state index is -0.0886. The van der Waals surface area contributed by atoms with Crippen molar-refractivity contribution in [2.45, 2.75) is 6.92 Å². The Morgan fingerprint density at radius 1 is 1.44 bits per heavy atom. The van der Waals surface area contributed by atoms with Crippen molar-refractivity contribution < 1.29 is 14.6 Å². The number of aromatic nitrogens is 3. The van der Waals surface area contributed by atoms with Gasteiger partial charge < -0.3 is 15.7 Å². The molecule has 0 amide bonds. The predicted molar refractivity (Wildman–Crippen MR) is 64.8 cm³/mol. The van der Waals surface area contributed by atoms with Crippen molar-refractivity contribution in [1.82, 2.24) is 14.9 Å². The third kappa shape index (κ3) is 3.78. The first-order valence-electron chi connectivity index (χ1n) is 5.18. The van der Waals surface area contributed by atoms with Crippen molar-refractivity contribution in [2.75, 3.05) is 12.4 Å². The minimum Gasteiger partial charge on any atom is -0.504 e. The van der Waals surface area contributed by atoms with Gasteiger partial charge in [-0.1, -0.05) is 6.07 Å². The van der Waals surface area contributed by atoms with Crippen LogP contribution in [-0.4, -0.2) is 32.9 Å². The number of aromatic hydroxyl groups is 1. The molecule has 0 spiro atoms. The highest BCUT2D eigenvalue weighted by atomic mass is 16.5. The van der Waals surface area contributed by atoms with E-state index in [0.717, 1.165) is 0 Å². The van der Waals surface area contributed by atoms with Crippen LogP contribution in [0.3, 0.4) is 0 Å². The number of rotatable bonds is 3. The first kappa shape index (κ1) is 13.5. The lowest BCUT2D eigenvalue weighted by molar-refractivity contribution is 0.112. The van der Waals surface area contributed by atoms with Gasteiger partial charge in [-0.2, -0.15) is 0 Å². The molecule has 0 saturated heterocycles. The lowest BCUT2D eigenvalue weighted by Gasteiger charge is -2.05. The maximum atomic E-state index is 10.4. The number of nitrogens with zero attached hydrogens (tertiary/aromatic N) is 3. The van der Waals surface area contributed by atoms with Gasteiger partial charge in [0.05, 0.1) is 12.2 Å². The van der Waals surface area contributed by atoms with Crippen molar-refractivity contribution in [1.29, 1.82) is 0 Å². The first-order chi connectivity index (χ1) is 8.69. The molecule has 2 rings (SSSR count). The largest absolute Gasteiger partial charge is 0.504 e. The number of hydrogen-bond acceptors (Lipinski definition) is 6. The van der Waals surface area contributed by atoms with Crippen LogP contribution in [0, 0.1) is 0 Å². The van der Waals surface area contributed by atoms with Gasteiger partial charge in [0, 0.05) is 0 Å². The van der Waals surface area contributed by atoms with Crippen LogP contribution in [-0.2, 0) is 0 Å². The quantitative estimate of drug-likeness (QED) is 0.610. The zero-order valence-corrected chi connectivity index (χ0v) is 9.85. The summed E-state index contributed by atoms with van der Waals surface area (Å²) in [4.78, 5) is 10.4. The fourth-order valence-corrected chi connectivity index (χ4v) is 1.12. The smallest absolute Gasteiger partial charge is 0.168 e. The summed E-state index contributed by atoms with van der Waals surface area (Å²) in [6.07, 6.45) is 3.43. The molecule has 0 bridgehead atoms. The number of nitrogens with two attached hydrogens (primary N) is 1. The zero-order valence-electron chi connectivity index (χ0n) is 9.85. The van der Waals surface area contributed by atoms with Gasteiger partial charge in [0.15, 0.2) is 17.8 Å². The number of aldehydes is 1. The molecule has 0 radical (unpaired) electrons. The molecule has 2 aromatic rings. The van der Waals surface area contributed by atoms with Gasteiger partial charge in [0.2, 0.25) is 0 Å². The van der Waals surface area contributed by atoms with Gasteiger partial charge in [0.1, 0.15) is 12.7 Å². The second kappa shape index (κ2) is 6.89. The minimum absolute atomic E-state index is 0.0886. The van der Waals surface area contributed by atoms with E-state index in [-0.39, 0.29) is 11.3 Å². The molecule has 1 heterocycles. The third-order valence-electron chi connectivity index (χ3n) is 1.89. The Hall–Kier alpha value is -2.57. The lowest BCUT2D eigenvalue weighted by Crippen LogP contribution is -2.02. The fourth-order valence-electron chi connectivity index (χ4n) is 1.12. The fraction of sp³-hybridized carbons (Fsp3) is 0.182. The van der Waals surface area contributed by atoms with Crippen molar-refractivity contribution in [3.05, 3.63) is 36.4 Å². The molecule has 1 aromatic heterocycles. The first-order valence-corrected chi connectivity index (χ1v) is 5.18. The highest BCUT2D eigenvalue weighted by Crippen LogP contribution is 2.28. The Morgan fingerprint density at radius 2 is 2.11 bits per heavy atom. The molecule has 0 saturated carbocycles. The summed E-state index contributed by atoms with van der Waals surface area (Å²) < 4.78 is 6.35. The predicted octanol–water partition coefficient (Wildman–Crippen LogP) is 0.595. The molecule has 96 valence electrons. The Balaban J connectivity index is 0.000000225. The van der Waals surface area contributed by atoms with Crippen LogP contribution in [0.2, 0.25) is 0 Å². The maximum absolute atomic E-state index is 10.4. The third-order valence-corrected chi connectivity index (χ3v) is 1.89. The monoisotopic (exact) mass is 250 g/mol. The summed E-state index contributed by atoms with van der Waals surface area (Å²) in [6.45, 7) is 2.28. The Morgan fingerprint density at radius 3 is 2.56 bits per heavy atom. The van der Waals surface area contributed by atoms with E-state index in [1.54, 1.807) is 12.1 Å². The van der Waals surface area contributed by atoms with Crippen LogP contribution in [0.4, 0.5) is 0 Å². The topological polar surface area (TPSA) is 103 Å². The molecule has 7 nitrogen and oxygen atoms in total. The molecule has 0 aliphatic carbocycles. The average Bonchev–Trinajstić information content (AvgIpc) is 2.84. The van der Waals surface area contributed by atoms with Crippen molar-refractivity contribution in [3.63, 3.8) is 0 Å². The summed E-state index contributed by atoms with van der Waals surface area (Å²) in [5, 5.41) is 16.2. The Kier molecular flexibility index (Phi) is 5.17. The van der Waals surface area contributed by atoms with Gasteiger partial charge in [-0.15, -0.1) is 10.2 Å². The van der Waals surface area contributed by atoms with Gasteiger partial charge >= 0.3 is 0 Å². The molecule has 0 atom stereocenters. The van der Waals surface area contributed by atoms with Crippen LogP contribution in [0.15, 0.2) is 30.9 Å². The Labute approximate surface area is 104 Å². The number of para-hydroxylation sites is 1. The molecule has 18 heavy (non-hydrogen) atoms. The molecular formula is C11H14N4O3. The number of carbonyl (C=O) groups excluding carboxylic acids is 1. The second-order valence-corrected chi connectivity index (χ2v) is 3.15. The van der Waals surface area contributed by atoms with Crippen molar-refractivity contribution >= 4 is 6.29 Å². The van der Waals surface area contributed by atoms with Crippen molar-refractivity contribution in [2.24, 2.45) is 0 Å². The van der Waals surface area contributed by atoms with Gasteiger partial charge in [0.25, 0.3) is 0 Å². The number of phenolic OH excluding ortho intramolecular Hbond substituents is 1. The van der Waals surface area contributed by atoms with E-state index >= 15 is 0 Å². The van der Waals surface area contributed by atoms with Crippen LogP contribution >= 0.6 is 0 Å². The van der Waals surface area contributed by atoms with Crippen molar-refractivity contribution in [3.8, 4) is 11.5 Å². The van der Waals surface area contributed by atoms with Crippen LogP contribution in [0.5, 0.6) is 11.5 Å². The summed E-state index contributed by atoms with van der Waals surface area (Å²) in [5.41, 5.74) is 0.251. The molecule has 0 fully saturated rings. The maximum Gasteiger partial charge on any atom is 0.168 e. The van der Waals surface area contributed by atoms with E-state index in [9.17, 15) is 9.90 Å². The number of ether oxygens (including phenoxy) is 1. The highest BCUT2D eigenvalue weighted by molar-refractivity contribution is 5.80. The van der Waals surface area contributed by atoms with E-state index < -0.39 is 0 Å². The molecular weight excluding hydrogens is 236 g/mol. The summed E-state index contributed by atoms with van der Waals surface area (Å²) >= 11 is 0. The van der Waals surface area contributed by atoms with E-state index in [4.69, 9.17) is 10.6 Å². The number of benzene rings is 1. The SMILES string of the molecule is CCOc1cccc(C=O)c1O.Nn1cnnc1. The van der Waals surface area contributed by atoms with E-state index in [1.165, 1.54) is 23.4 Å². The lowest BCUT2D eigenvalue weighted by atomic mass is 10.2.